The summed E-state index contributed by atoms with van der Waals surface area (Å²) in [6, 6.07) is 10.1. The molecule has 2 aromatic rings. The molecule has 0 atom stereocenters. The van der Waals surface area contributed by atoms with E-state index in [-0.39, 0.29) is 13.2 Å². The molecule has 0 unspecified atom stereocenters. The van der Waals surface area contributed by atoms with Crippen molar-refractivity contribution in [2.45, 2.75) is 13.8 Å². The van der Waals surface area contributed by atoms with Crippen LogP contribution in [0.15, 0.2) is 36.4 Å². The summed E-state index contributed by atoms with van der Waals surface area (Å²) in [5, 5.41) is 0. The van der Waals surface area contributed by atoms with Gasteiger partial charge < -0.3 is 20.9 Å². The van der Waals surface area contributed by atoms with Crippen LogP contribution in [0, 0.1) is 0 Å². The average molecular weight is 328 g/mol. The minimum absolute atomic E-state index is 0.284. The van der Waals surface area contributed by atoms with Gasteiger partial charge in [-0.25, -0.2) is 9.59 Å². The van der Waals surface area contributed by atoms with Crippen molar-refractivity contribution >= 4 is 23.3 Å². The van der Waals surface area contributed by atoms with Crippen LogP contribution >= 0.6 is 0 Å². The first-order valence-electron chi connectivity index (χ1n) is 7.61. The third-order valence-corrected chi connectivity index (χ3v) is 3.43. The first-order chi connectivity index (χ1) is 11.5. The largest absolute Gasteiger partial charge is 0.462 e. The third kappa shape index (κ3) is 3.65. The van der Waals surface area contributed by atoms with Crippen LogP contribution in [0.2, 0.25) is 0 Å². The molecular weight excluding hydrogens is 308 g/mol. The van der Waals surface area contributed by atoms with E-state index >= 15 is 0 Å². The summed E-state index contributed by atoms with van der Waals surface area (Å²) in [6.07, 6.45) is 0. The summed E-state index contributed by atoms with van der Waals surface area (Å²) in [7, 11) is 0. The van der Waals surface area contributed by atoms with Gasteiger partial charge in [-0.1, -0.05) is 12.1 Å². The van der Waals surface area contributed by atoms with E-state index in [4.69, 9.17) is 20.9 Å². The van der Waals surface area contributed by atoms with Crippen LogP contribution in [0.3, 0.4) is 0 Å². The summed E-state index contributed by atoms with van der Waals surface area (Å²) >= 11 is 0. The van der Waals surface area contributed by atoms with Gasteiger partial charge in [0.25, 0.3) is 0 Å². The molecule has 0 radical (unpaired) electrons. The molecule has 6 heteroatoms. The molecule has 0 aliphatic heterocycles. The Bertz CT molecular complexity index is 706. The maximum atomic E-state index is 11.8. The van der Waals surface area contributed by atoms with E-state index in [1.54, 1.807) is 50.2 Å². The summed E-state index contributed by atoms with van der Waals surface area (Å²) < 4.78 is 9.90. The van der Waals surface area contributed by atoms with Crippen LogP contribution in [0.25, 0.3) is 11.1 Å². The molecular formula is C18H20N2O4. The maximum absolute atomic E-state index is 11.8. The minimum atomic E-state index is -0.460. The second-order valence-corrected chi connectivity index (χ2v) is 5.04. The molecule has 0 aliphatic carbocycles. The van der Waals surface area contributed by atoms with E-state index in [0.29, 0.717) is 22.5 Å². The predicted octanol–water partition coefficient (Wildman–Crippen LogP) is 2.87. The standard InChI is InChI=1S/C18H20N2O4/c1-3-23-17(21)13-7-5-11(9-15(13)19)12-6-8-14(16(20)10-12)18(22)24-4-2/h5-10H,3-4,19-20H2,1-2H3. The smallest absolute Gasteiger partial charge is 0.340 e. The van der Waals surface area contributed by atoms with Crippen molar-refractivity contribution in [2.75, 3.05) is 24.7 Å². The van der Waals surface area contributed by atoms with E-state index in [2.05, 4.69) is 0 Å². The van der Waals surface area contributed by atoms with Crippen molar-refractivity contribution in [2.24, 2.45) is 0 Å². The zero-order valence-corrected chi connectivity index (χ0v) is 13.7. The molecule has 0 aromatic heterocycles. The number of nitrogen functional groups attached to an aromatic ring is 2. The number of hydrogen-bond donors (Lipinski definition) is 2. The maximum Gasteiger partial charge on any atom is 0.340 e. The SMILES string of the molecule is CCOC(=O)c1ccc(-c2ccc(C(=O)OCC)c(N)c2)cc1N. The Kier molecular flexibility index (Phi) is 5.42. The molecule has 0 saturated heterocycles. The first-order valence-corrected chi connectivity index (χ1v) is 7.61. The first kappa shape index (κ1) is 17.3. The van der Waals surface area contributed by atoms with Gasteiger partial charge in [0.15, 0.2) is 0 Å². The second-order valence-electron chi connectivity index (χ2n) is 5.04. The fraction of sp³-hybridized carbons (Fsp3) is 0.222. The third-order valence-electron chi connectivity index (χ3n) is 3.43. The Morgan fingerprint density at radius 1 is 0.792 bits per heavy atom. The van der Waals surface area contributed by atoms with Crippen LogP contribution in [-0.4, -0.2) is 25.2 Å². The molecule has 0 spiro atoms. The fourth-order valence-electron chi connectivity index (χ4n) is 2.27. The summed E-state index contributed by atoms with van der Waals surface area (Å²) in [6.45, 7) is 4.03. The van der Waals surface area contributed by atoms with Crippen LogP contribution in [0.5, 0.6) is 0 Å². The number of esters is 2. The fourth-order valence-corrected chi connectivity index (χ4v) is 2.27. The molecule has 0 bridgehead atoms. The highest BCUT2D eigenvalue weighted by Crippen LogP contribution is 2.27. The van der Waals surface area contributed by atoms with E-state index in [1.165, 1.54) is 0 Å². The molecule has 0 aliphatic rings. The lowest BCUT2D eigenvalue weighted by molar-refractivity contribution is 0.0518. The monoisotopic (exact) mass is 328 g/mol. The Hall–Kier alpha value is -3.02. The van der Waals surface area contributed by atoms with Gasteiger partial charge in [-0.2, -0.15) is 0 Å². The molecule has 24 heavy (non-hydrogen) atoms. The number of hydrogen-bond acceptors (Lipinski definition) is 6. The highest BCUT2D eigenvalue weighted by Gasteiger charge is 2.14. The highest BCUT2D eigenvalue weighted by atomic mass is 16.5. The van der Waals surface area contributed by atoms with E-state index < -0.39 is 11.9 Å². The lowest BCUT2D eigenvalue weighted by Crippen LogP contribution is -2.08. The van der Waals surface area contributed by atoms with E-state index in [9.17, 15) is 9.59 Å². The van der Waals surface area contributed by atoms with Gasteiger partial charge in [-0.05, 0) is 49.2 Å². The van der Waals surface area contributed by atoms with Crippen LogP contribution in [0.1, 0.15) is 34.6 Å². The van der Waals surface area contributed by atoms with Gasteiger partial charge in [0.2, 0.25) is 0 Å². The molecule has 6 nitrogen and oxygen atoms in total. The lowest BCUT2D eigenvalue weighted by Gasteiger charge is -2.10. The summed E-state index contributed by atoms with van der Waals surface area (Å²) in [5.41, 5.74) is 14.7. The number of carbonyl (C=O) groups is 2. The zero-order valence-electron chi connectivity index (χ0n) is 13.7. The van der Waals surface area contributed by atoms with Crippen molar-refractivity contribution in [3.05, 3.63) is 47.5 Å². The normalized spacial score (nSPS) is 10.2. The molecule has 0 heterocycles. The Morgan fingerprint density at radius 2 is 1.17 bits per heavy atom. The molecule has 2 rings (SSSR count). The Balaban J connectivity index is 2.32. The Labute approximate surface area is 140 Å². The molecule has 0 amide bonds. The van der Waals surface area contributed by atoms with Crippen molar-refractivity contribution in [1.29, 1.82) is 0 Å². The van der Waals surface area contributed by atoms with Gasteiger partial charge in [0.1, 0.15) is 0 Å². The quantitative estimate of drug-likeness (QED) is 0.646. The number of nitrogens with two attached hydrogens (primary N) is 2. The Morgan fingerprint density at radius 3 is 1.46 bits per heavy atom. The number of rotatable bonds is 5. The van der Waals surface area contributed by atoms with Crippen LogP contribution < -0.4 is 11.5 Å². The summed E-state index contributed by atoms with van der Waals surface area (Å²) in [4.78, 5) is 23.5. The molecule has 4 N–H and O–H groups in total. The van der Waals surface area contributed by atoms with Gasteiger partial charge in [-0.15, -0.1) is 0 Å². The highest BCUT2D eigenvalue weighted by molar-refractivity contribution is 5.97. The topological polar surface area (TPSA) is 105 Å². The predicted molar refractivity (Wildman–Crippen MR) is 92.6 cm³/mol. The van der Waals surface area contributed by atoms with Gasteiger partial charge >= 0.3 is 11.9 Å². The van der Waals surface area contributed by atoms with Crippen molar-refractivity contribution in [3.63, 3.8) is 0 Å². The summed E-state index contributed by atoms with van der Waals surface area (Å²) in [5.74, 6) is -0.919. The number of carbonyl (C=O) groups excluding carboxylic acids is 2. The number of benzene rings is 2. The molecule has 126 valence electrons. The molecule has 2 aromatic carbocycles. The van der Waals surface area contributed by atoms with Gasteiger partial charge in [0, 0.05) is 11.4 Å². The average Bonchev–Trinajstić information content (AvgIpc) is 2.54. The van der Waals surface area contributed by atoms with Crippen LogP contribution in [0.4, 0.5) is 11.4 Å². The van der Waals surface area contributed by atoms with Crippen LogP contribution in [-0.2, 0) is 9.47 Å². The second kappa shape index (κ2) is 7.50. The zero-order chi connectivity index (χ0) is 17.7. The number of anilines is 2. The molecule has 0 saturated carbocycles. The van der Waals surface area contributed by atoms with E-state index in [0.717, 1.165) is 11.1 Å². The van der Waals surface area contributed by atoms with Crippen molar-refractivity contribution in [1.82, 2.24) is 0 Å². The van der Waals surface area contributed by atoms with Gasteiger partial charge in [-0.3, -0.25) is 0 Å². The van der Waals surface area contributed by atoms with Crippen molar-refractivity contribution < 1.29 is 19.1 Å². The van der Waals surface area contributed by atoms with Crippen molar-refractivity contribution in [3.8, 4) is 11.1 Å². The van der Waals surface area contributed by atoms with E-state index in [1.807, 2.05) is 0 Å². The molecule has 0 fully saturated rings. The van der Waals surface area contributed by atoms with Gasteiger partial charge in [0.05, 0.1) is 24.3 Å². The minimum Gasteiger partial charge on any atom is -0.462 e. The lowest BCUT2D eigenvalue weighted by atomic mass is 10.00. The number of ether oxygens (including phenoxy) is 2.